The Morgan fingerprint density at radius 2 is 1.82 bits per heavy atom. The first-order chi connectivity index (χ1) is 5.17. The quantitative estimate of drug-likeness (QED) is 0.501. The molecule has 3 aliphatic rings. The third kappa shape index (κ3) is 0.577. The molecule has 1 aliphatic heterocycles. The average molecular weight is 168 g/mol. The van der Waals surface area contributed by atoms with E-state index in [-0.39, 0.29) is 0 Å². The molecule has 0 radical (unpaired) electrons. The molecular weight excluding hydrogens is 152 g/mol. The highest BCUT2D eigenvalue weighted by molar-refractivity contribution is 8.08. The number of thioether (sulfide) groups is 1. The average Bonchev–Trinajstić information content (AvgIpc) is 2.55. The summed E-state index contributed by atoms with van der Waals surface area (Å²) < 4.78 is 0.774. The Hall–Kier alpha value is 0.350. The molecule has 1 heterocycles. The van der Waals surface area contributed by atoms with Crippen LogP contribution >= 0.6 is 11.8 Å². The molecular formula is C10H16S. The molecule has 11 heavy (non-hydrogen) atoms. The lowest BCUT2D eigenvalue weighted by molar-refractivity contribution is 0.187. The minimum atomic E-state index is 0.681. The van der Waals surface area contributed by atoms with Crippen molar-refractivity contribution in [3.8, 4) is 0 Å². The Balaban J connectivity index is 2.05. The van der Waals surface area contributed by atoms with Gasteiger partial charge in [0, 0.05) is 10.5 Å². The van der Waals surface area contributed by atoms with Crippen LogP contribution in [0.2, 0.25) is 0 Å². The van der Waals surface area contributed by atoms with E-state index in [1.807, 2.05) is 0 Å². The zero-order valence-electron chi connectivity index (χ0n) is 7.39. The summed E-state index contributed by atoms with van der Waals surface area (Å²) in [6.07, 6.45) is 4.63. The maximum Gasteiger partial charge on any atom is 0.0332 e. The lowest BCUT2D eigenvalue weighted by Gasteiger charge is -2.37. The summed E-state index contributed by atoms with van der Waals surface area (Å²) in [7, 11) is 0. The van der Waals surface area contributed by atoms with Crippen LogP contribution < -0.4 is 0 Å². The molecule has 3 unspecified atom stereocenters. The molecule has 2 saturated carbocycles. The van der Waals surface area contributed by atoms with Gasteiger partial charge in [0.1, 0.15) is 0 Å². The molecule has 3 rings (SSSR count). The second-order valence-corrected chi connectivity index (χ2v) is 6.41. The summed E-state index contributed by atoms with van der Waals surface area (Å²) in [6, 6.07) is 0. The highest BCUT2D eigenvalue weighted by atomic mass is 32.2. The predicted octanol–water partition coefficient (Wildman–Crippen LogP) is 2.93. The maximum absolute atomic E-state index is 2.51. The van der Waals surface area contributed by atoms with Crippen LogP contribution in [0.25, 0.3) is 0 Å². The summed E-state index contributed by atoms with van der Waals surface area (Å²) in [6.45, 7) is 5.02. The predicted molar refractivity (Wildman–Crippen MR) is 49.8 cm³/mol. The zero-order chi connectivity index (χ0) is 7.69. The SMILES string of the molecule is CC1(C)C2CCC(C2)C12CS2. The van der Waals surface area contributed by atoms with E-state index in [1.54, 1.807) is 12.8 Å². The maximum atomic E-state index is 2.51. The van der Waals surface area contributed by atoms with Crippen LogP contribution in [0.15, 0.2) is 0 Å². The second kappa shape index (κ2) is 1.66. The highest BCUT2D eigenvalue weighted by Gasteiger charge is 2.69. The Morgan fingerprint density at radius 1 is 1.18 bits per heavy atom. The summed E-state index contributed by atoms with van der Waals surface area (Å²) in [5, 5.41) is 0. The summed E-state index contributed by atoms with van der Waals surface area (Å²) >= 11 is 2.25. The second-order valence-electron chi connectivity index (χ2n) is 5.11. The summed E-state index contributed by atoms with van der Waals surface area (Å²) in [5.41, 5.74) is 0.681. The first-order valence-electron chi connectivity index (χ1n) is 4.81. The van der Waals surface area contributed by atoms with E-state index in [4.69, 9.17) is 0 Å². The van der Waals surface area contributed by atoms with Gasteiger partial charge in [0.05, 0.1) is 0 Å². The Labute approximate surface area is 73.1 Å². The van der Waals surface area contributed by atoms with Gasteiger partial charge in [-0.25, -0.2) is 0 Å². The van der Waals surface area contributed by atoms with Gasteiger partial charge in [-0.2, -0.15) is 11.8 Å². The third-order valence-electron chi connectivity index (χ3n) is 4.66. The Kier molecular flexibility index (Phi) is 1.03. The fourth-order valence-corrected chi connectivity index (χ4v) is 5.37. The van der Waals surface area contributed by atoms with Gasteiger partial charge in [-0.15, -0.1) is 0 Å². The molecule has 3 atom stereocenters. The fourth-order valence-electron chi connectivity index (χ4n) is 3.62. The van der Waals surface area contributed by atoms with Crippen molar-refractivity contribution in [2.24, 2.45) is 17.3 Å². The van der Waals surface area contributed by atoms with Crippen molar-refractivity contribution in [3.63, 3.8) is 0 Å². The monoisotopic (exact) mass is 168 g/mol. The summed E-state index contributed by atoms with van der Waals surface area (Å²) in [4.78, 5) is 0. The fraction of sp³-hybridized carbons (Fsp3) is 1.00. The number of hydrogen-bond acceptors (Lipinski definition) is 1. The van der Waals surface area contributed by atoms with E-state index in [0.717, 1.165) is 16.6 Å². The molecule has 0 aromatic rings. The third-order valence-corrected chi connectivity index (χ3v) is 6.43. The van der Waals surface area contributed by atoms with E-state index in [9.17, 15) is 0 Å². The van der Waals surface area contributed by atoms with E-state index in [0.29, 0.717) is 5.41 Å². The van der Waals surface area contributed by atoms with Crippen molar-refractivity contribution in [1.29, 1.82) is 0 Å². The molecule has 2 bridgehead atoms. The van der Waals surface area contributed by atoms with E-state index in [2.05, 4.69) is 25.6 Å². The van der Waals surface area contributed by atoms with E-state index < -0.39 is 0 Å². The molecule has 1 saturated heterocycles. The van der Waals surface area contributed by atoms with Crippen molar-refractivity contribution in [1.82, 2.24) is 0 Å². The van der Waals surface area contributed by atoms with Gasteiger partial charge in [0.25, 0.3) is 0 Å². The highest BCUT2D eigenvalue weighted by Crippen LogP contribution is 2.74. The summed E-state index contributed by atoms with van der Waals surface area (Å²) in [5.74, 6) is 3.65. The standard InChI is InChI=1S/C10H16S/c1-9(2)7-3-4-8(5-7)10(9)6-11-10/h7-8H,3-6H2,1-2H3. The molecule has 0 amide bonds. The van der Waals surface area contributed by atoms with Gasteiger partial charge >= 0.3 is 0 Å². The number of rotatable bonds is 0. The van der Waals surface area contributed by atoms with Gasteiger partial charge in [0.15, 0.2) is 0 Å². The van der Waals surface area contributed by atoms with Crippen molar-refractivity contribution in [2.75, 3.05) is 5.75 Å². The van der Waals surface area contributed by atoms with Gasteiger partial charge in [0.2, 0.25) is 0 Å². The van der Waals surface area contributed by atoms with E-state index >= 15 is 0 Å². The molecule has 62 valence electrons. The zero-order valence-corrected chi connectivity index (χ0v) is 8.21. The van der Waals surface area contributed by atoms with Crippen LogP contribution in [0.3, 0.4) is 0 Å². The van der Waals surface area contributed by atoms with E-state index in [1.165, 1.54) is 12.2 Å². The van der Waals surface area contributed by atoms with Gasteiger partial charge in [-0.3, -0.25) is 0 Å². The van der Waals surface area contributed by atoms with Crippen LogP contribution in [0.5, 0.6) is 0 Å². The molecule has 0 N–H and O–H groups in total. The van der Waals surface area contributed by atoms with Crippen LogP contribution in [0, 0.1) is 17.3 Å². The van der Waals surface area contributed by atoms with Gasteiger partial charge in [-0.05, 0) is 36.5 Å². The first kappa shape index (κ1) is 6.82. The lowest BCUT2D eigenvalue weighted by Crippen LogP contribution is -2.37. The minimum absolute atomic E-state index is 0.681. The number of hydrogen-bond donors (Lipinski definition) is 0. The lowest BCUT2D eigenvalue weighted by atomic mass is 9.69. The molecule has 2 aliphatic carbocycles. The first-order valence-corrected chi connectivity index (χ1v) is 5.79. The van der Waals surface area contributed by atoms with Gasteiger partial charge in [-0.1, -0.05) is 13.8 Å². The van der Waals surface area contributed by atoms with Crippen LogP contribution in [0.4, 0.5) is 0 Å². The van der Waals surface area contributed by atoms with Crippen molar-refractivity contribution >= 4 is 11.8 Å². The number of fused-ring (bicyclic) bond motifs is 3. The molecule has 0 nitrogen and oxygen atoms in total. The molecule has 0 aromatic carbocycles. The molecule has 1 spiro atoms. The Morgan fingerprint density at radius 3 is 2.18 bits per heavy atom. The van der Waals surface area contributed by atoms with Crippen LogP contribution in [0.1, 0.15) is 33.1 Å². The Bertz CT molecular complexity index is 193. The van der Waals surface area contributed by atoms with Crippen molar-refractivity contribution in [3.05, 3.63) is 0 Å². The normalized spacial score (nSPS) is 57.3. The minimum Gasteiger partial charge on any atom is -0.152 e. The topological polar surface area (TPSA) is 0 Å². The molecule has 1 heteroatoms. The molecule has 0 aromatic heterocycles. The van der Waals surface area contributed by atoms with Crippen LogP contribution in [-0.4, -0.2) is 10.5 Å². The largest absolute Gasteiger partial charge is 0.152 e. The van der Waals surface area contributed by atoms with Gasteiger partial charge < -0.3 is 0 Å². The van der Waals surface area contributed by atoms with Crippen LogP contribution in [-0.2, 0) is 0 Å². The van der Waals surface area contributed by atoms with Crippen molar-refractivity contribution < 1.29 is 0 Å². The van der Waals surface area contributed by atoms with Crippen molar-refractivity contribution in [2.45, 2.75) is 37.9 Å². The smallest absolute Gasteiger partial charge is 0.0332 e. The molecule has 3 fully saturated rings.